The van der Waals surface area contributed by atoms with Gasteiger partial charge in [0.1, 0.15) is 0 Å². The van der Waals surface area contributed by atoms with Crippen molar-refractivity contribution in [2.75, 3.05) is 0 Å². The normalized spacial score (nSPS) is 26.2. The number of hydrogen-bond donors (Lipinski definition) is 0. The molecule has 2 aliphatic rings. The van der Waals surface area contributed by atoms with E-state index in [1.807, 2.05) is 0 Å². The molecule has 0 radical (unpaired) electrons. The van der Waals surface area contributed by atoms with Gasteiger partial charge < -0.3 is 4.74 Å². The average molecular weight is 543 g/mol. The third-order valence-corrected chi connectivity index (χ3v) is 8.36. The van der Waals surface area contributed by atoms with Crippen LogP contribution in [0.2, 0.25) is 0 Å². The van der Waals surface area contributed by atoms with Crippen LogP contribution in [-0.4, -0.2) is 18.5 Å². The SMILES string of the molecule is CCCCCCCC1CCC(C2CCC(c3cc(F)c(OC(F)(F)C(F)C(F)(F)F)c(F)c3)CC2)CC1. The molecule has 1 unspecified atom stereocenters. The second-order valence-electron chi connectivity index (χ2n) is 11.0. The maximum absolute atomic E-state index is 14.4. The summed E-state index contributed by atoms with van der Waals surface area (Å²) in [6.07, 6.45) is -0.147. The molecule has 0 bridgehead atoms. The monoisotopic (exact) mass is 542 g/mol. The molecular formula is C28H38F8O. The first kappa shape index (κ1) is 30.0. The highest BCUT2D eigenvalue weighted by Gasteiger charge is 2.59. The predicted molar refractivity (Wildman–Crippen MR) is 126 cm³/mol. The van der Waals surface area contributed by atoms with Gasteiger partial charge in [0.05, 0.1) is 0 Å². The third kappa shape index (κ3) is 8.22. The van der Waals surface area contributed by atoms with Gasteiger partial charge in [-0.25, -0.2) is 13.2 Å². The smallest absolute Gasteiger partial charge is 0.424 e. The van der Waals surface area contributed by atoms with E-state index < -0.39 is 35.8 Å². The third-order valence-electron chi connectivity index (χ3n) is 8.36. The molecule has 0 amide bonds. The van der Waals surface area contributed by atoms with Crippen LogP contribution in [0.5, 0.6) is 5.75 Å². The molecule has 0 spiro atoms. The molecule has 37 heavy (non-hydrogen) atoms. The van der Waals surface area contributed by atoms with Crippen LogP contribution in [0, 0.1) is 29.4 Å². The summed E-state index contributed by atoms with van der Waals surface area (Å²) in [6, 6.07) is 1.62. The molecule has 9 heteroatoms. The van der Waals surface area contributed by atoms with E-state index in [0.717, 1.165) is 30.9 Å². The Morgan fingerprint density at radius 3 is 1.81 bits per heavy atom. The average Bonchev–Trinajstić information content (AvgIpc) is 2.85. The number of alkyl halides is 6. The summed E-state index contributed by atoms with van der Waals surface area (Å²) in [5, 5.41) is 0. The molecule has 212 valence electrons. The zero-order valence-corrected chi connectivity index (χ0v) is 21.4. The summed E-state index contributed by atoms with van der Waals surface area (Å²) in [4.78, 5) is 0. The lowest BCUT2D eigenvalue weighted by Crippen LogP contribution is -2.46. The van der Waals surface area contributed by atoms with E-state index in [1.54, 1.807) is 0 Å². The zero-order chi connectivity index (χ0) is 27.2. The van der Waals surface area contributed by atoms with Crippen LogP contribution >= 0.6 is 0 Å². The standard InChI is InChI=1S/C28H38F8O/c1-2-3-4-5-6-7-18-8-10-19(11-9-18)20-12-14-21(15-13-20)22-16-23(29)25(24(30)17-22)37-28(35,36)26(31)27(32,33)34/h16-21,26H,2-15H2,1H3. The van der Waals surface area contributed by atoms with E-state index in [9.17, 15) is 35.1 Å². The topological polar surface area (TPSA) is 9.23 Å². The Hall–Kier alpha value is -1.54. The number of benzene rings is 1. The fraction of sp³-hybridized carbons (Fsp3) is 0.786. The van der Waals surface area contributed by atoms with Crippen molar-refractivity contribution in [2.45, 2.75) is 121 Å². The lowest BCUT2D eigenvalue weighted by Gasteiger charge is -2.38. The predicted octanol–water partition coefficient (Wildman–Crippen LogP) is 10.3. The van der Waals surface area contributed by atoms with Crippen molar-refractivity contribution < 1.29 is 39.9 Å². The van der Waals surface area contributed by atoms with E-state index in [0.29, 0.717) is 24.7 Å². The van der Waals surface area contributed by atoms with Gasteiger partial charge in [0, 0.05) is 0 Å². The Kier molecular flexibility index (Phi) is 10.5. The Labute approximate surface area is 214 Å². The minimum atomic E-state index is -5.94. The summed E-state index contributed by atoms with van der Waals surface area (Å²) in [5.41, 5.74) is 0.253. The number of unbranched alkanes of at least 4 members (excludes halogenated alkanes) is 4. The molecule has 3 rings (SSSR count). The first-order chi connectivity index (χ1) is 17.4. The largest absolute Gasteiger partial charge is 0.439 e. The highest BCUT2D eigenvalue weighted by atomic mass is 19.4. The van der Waals surface area contributed by atoms with Crippen LogP contribution in [0.3, 0.4) is 0 Å². The van der Waals surface area contributed by atoms with E-state index in [2.05, 4.69) is 11.7 Å². The van der Waals surface area contributed by atoms with Crippen molar-refractivity contribution in [3.63, 3.8) is 0 Å². The molecule has 0 N–H and O–H groups in total. The van der Waals surface area contributed by atoms with E-state index in [4.69, 9.17) is 0 Å². The van der Waals surface area contributed by atoms with Gasteiger partial charge in [-0.1, -0.05) is 58.3 Å². The first-order valence-corrected chi connectivity index (χ1v) is 13.7. The molecule has 2 fully saturated rings. The van der Waals surface area contributed by atoms with Gasteiger partial charge in [-0.05, 0) is 79.9 Å². The van der Waals surface area contributed by atoms with Gasteiger partial charge in [0.15, 0.2) is 17.4 Å². The van der Waals surface area contributed by atoms with Crippen LogP contribution in [0.4, 0.5) is 35.1 Å². The fourth-order valence-corrected chi connectivity index (χ4v) is 6.20. The molecule has 0 aromatic heterocycles. The lowest BCUT2D eigenvalue weighted by molar-refractivity contribution is -0.306. The molecule has 0 saturated heterocycles. The summed E-state index contributed by atoms with van der Waals surface area (Å²) in [7, 11) is 0. The van der Waals surface area contributed by atoms with Crippen molar-refractivity contribution >= 4 is 0 Å². The molecule has 0 aliphatic heterocycles. The zero-order valence-electron chi connectivity index (χ0n) is 21.4. The first-order valence-electron chi connectivity index (χ1n) is 13.7. The highest BCUT2D eigenvalue weighted by molar-refractivity contribution is 5.33. The van der Waals surface area contributed by atoms with Crippen molar-refractivity contribution in [3.05, 3.63) is 29.3 Å². The molecule has 0 heterocycles. The minimum Gasteiger partial charge on any atom is -0.424 e. The Morgan fingerprint density at radius 1 is 0.784 bits per heavy atom. The summed E-state index contributed by atoms with van der Waals surface area (Å²) < 4.78 is 109. The Bertz CT molecular complexity index is 816. The molecule has 1 atom stereocenters. The van der Waals surface area contributed by atoms with Crippen LogP contribution < -0.4 is 4.74 Å². The molecule has 1 aromatic carbocycles. The summed E-state index contributed by atoms with van der Waals surface area (Å²) >= 11 is 0. The maximum Gasteiger partial charge on any atom is 0.439 e. The van der Waals surface area contributed by atoms with Crippen molar-refractivity contribution in [2.24, 2.45) is 17.8 Å². The second-order valence-corrected chi connectivity index (χ2v) is 11.0. The van der Waals surface area contributed by atoms with Crippen LogP contribution in [0.1, 0.15) is 108 Å². The van der Waals surface area contributed by atoms with Crippen LogP contribution in [0.15, 0.2) is 12.1 Å². The van der Waals surface area contributed by atoms with E-state index in [1.165, 1.54) is 64.2 Å². The van der Waals surface area contributed by atoms with Gasteiger partial charge in [0.25, 0.3) is 6.17 Å². The van der Waals surface area contributed by atoms with Gasteiger partial charge >= 0.3 is 12.3 Å². The quantitative estimate of drug-likeness (QED) is 0.200. The summed E-state index contributed by atoms with van der Waals surface area (Å²) in [6.45, 7) is 2.22. The van der Waals surface area contributed by atoms with Crippen molar-refractivity contribution in [1.82, 2.24) is 0 Å². The van der Waals surface area contributed by atoms with Gasteiger partial charge in [-0.2, -0.15) is 22.0 Å². The Morgan fingerprint density at radius 2 is 1.30 bits per heavy atom. The Balaban J connectivity index is 1.49. The number of hydrogen-bond acceptors (Lipinski definition) is 1. The number of rotatable bonds is 11. The molecular weight excluding hydrogens is 504 g/mol. The fourth-order valence-electron chi connectivity index (χ4n) is 6.20. The van der Waals surface area contributed by atoms with Crippen molar-refractivity contribution in [3.8, 4) is 5.75 Å². The molecule has 2 saturated carbocycles. The highest BCUT2D eigenvalue weighted by Crippen LogP contribution is 2.45. The number of halogens is 8. The van der Waals surface area contributed by atoms with Gasteiger partial charge in [-0.3, -0.25) is 0 Å². The maximum atomic E-state index is 14.4. The molecule has 1 aromatic rings. The second kappa shape index (κ2) is 13.0. The summed E-state index contributed by atoms with van der Waals surface area (Å²) in [5.74, 6) is -3.00. The van der Waals surface area contributed by atoms with Crippen LogP contribution in [-0.2, 0) is 0 Å². The van der Waals surface area contributed by atoms with Crippen LogP contribution in [0.25, 0.3) is 0 Å². The van der Waals surface area contributed by atoms with E-state index >= 15 is 0 Å². The minimum absolute atomic E-state index is 0.182. The van der Waals surface area contributed by atoms with Gasteiger partial charge in [0.2, 0.25) is 0 Å². The molecule has 2 aliphatic carbocycles. The van der Waals surface area contributed by atoms with Crippen molar-refractivity contribution in [1.29, 1.82) is 0 Å². The van der Waals surface area contributed by atoms with Gasteiger partial charge in [-0.15, -0.1) is 0 Å². The van der Waals surface area contributed by atoms with E-state index in [-0.39, 0.29) is 11.5 Å². The number of ether oxygens (including phenoxy) is 1. The lowest BCUT2D eigenvalue weighted by atomic mass is 9.68. The molecule has 1 nitrogen and oxygen atoms in total.